The van der Waals surface area contributed by atoms with Gasteiger partial charge in [-0.05, 0) is 43.7 Å². The Labute approximate surface area is 117 Å². The number of aryl methyl sites for hydroxylation is 2. The van der Waals surface area contributed by atoms with Crippen LogP contribution in [0.4, 0.5) is 15.8 Å². The lowest BCUT2D eigenvalue weighted by Crippen LogP contribution is -2.14. The zero-order chi connectivity index (χ0) is 14.9. The number of nitrogens with one attached hydrogen (secondary N) is 1. The monoisotopic (exact) mass is 294 g/mol. The van der Waals surface area contributed by atoms with Crippen molar-refractivity contribution in [1.29, 1.82) is 0 Å². The second-order valence-corrected chi connectivity index (χ2v) is 6.30. The third-order valence-electron chi connectivity index (χ3n) is 2.87. The van der Waals surface area contributed by atoms with Gasteiger partial charge in [-0.15, -0.1) is 0 Å². The summed E-state index contributed by atoms with van der Waals surface area (Å²) in [6, 6.07) is 9.27. The minimum absolute atomic E-state index is 0.0607. The summed E-state index contributed by atoms with van der Waals surface area (Å²) in [6.07, 6.45) is 0. The maximum absolute atomic E-state index is 13.4. The van der Waals surface area contributed by atoms with Crippen LogP contribution in [-0.2, 0) is 10.0 Å². The zero-order valence-electron chi connectivity index (χ0n) is 11.1. The molecule has 0 radical (unpaired) electrons. The van der Waals surface area contributed by atoms with Crippen molar-refractivity contribution < 1.29 is 12.8 Å². The van der Waals surface area contributed by atoms with E-state index in [4.69, 9.17) is 5.73 Å². The molecule has 0 unspecified atom stereocenters. The Kier molecular flexibility index (Phi) is 3.67. The molecular formula is C14H15FN2O2S. The molecule has 0 aliphatic rings. The number of sulfonamides is 1. The summed E-state index contributed by atoms with van der Waals surface area (Å²) in [5.41, 5.74) is 6.93. The molecule has 0 fully saturated rings. The molecule has 20 heavy (non-hydrogen) atoms. The summed E-state index contributed by atoms with van der Waals surface area (Å²) in [7, 11) is -3.78. The van der Waals surface area contributed by atoms with Crippen LogP contribution in [0.25, 0.3) is 0 Å². The van der Waals surface area contributed by atoms with E-state index in [1.54, 1.807) is 24.3 Å². The molecule has 4 nitrogen and oxygen atoms in total. The number of halogens is 1. The van der Waals surface area contributed by atoms with Gasteiger partial charge in [0.2, 0.25) is 0 Å². The van der Waals surface area contributed by atoms with Crippen LogP contribution in [0.15, 0.2) is 41.3 Å². The standard InChI is InChI=1S/C14H15FN2O2S/c1-9-3-5-11(6-4-9)17-20(18,19)12-7-10(2)14(15)13(16)8-12/h3-8,17H,16H2,1-2H3. The Morgan fingerprint density at radius 1 is 1.10 bits per heavy atom. The third-order valence-corrected chi connectivity index (χ3v) is 4.23. The number of hydrogen-bond donors (Lipinski definition) is 2. The first-order chi connectivity index (χ1) is 9.29. The fourth-order valence-electron chi connectivity index (χ4n) is 1.75. The van der Waals surface area contributed by atoms with Crippen molar-refractivity contribution in [2.45, 2.75) is 18.7 Å². The largest absolute Gasteiger partial charge is 0.396 e. The van der Waals surface area contributed by atoms with E-state index in [0.29, 0.717) is 5.69 Å². The van der Waals surface area contributed by atoms with Gasteiger partial charge in [0.1, 0.15) is 5.82 Å². The minimum atomic E-state index is -3.78. The molecule has 2 aromatic carbocycles. The quantitative estimate of drug-likeness (QED) is 0.855. The molecule has 2 rings (SSSR count). The van der Waals surface area contributed by atoms with Crippen LogP contribution >= 0.6 is 0 Å². The van der Waals surface area contributed by atoms with Gasteiger partial charge in [0.05, 0.1) is 10.6 Å². The van der Waals surface area contributed by atoms with E-state index in [-0.39, 0.29) is 16.1 Å². The minimum Gasteiger partial charge on any atom is -0.396 e. The van der Waals surface area contributed by atoms with E-state index in [1.165, 1.54) is 13.0 Å². The van der Waals surface area contributed by atoms with Crippen molar-refractivity contribution >= 4 is 21.4 Å². The van der Waals surface area contributed by atoms with Crippen LogP contribution in [0.3, 0.4) is 0 Å². The fourth-order valence-corrected chi connectivity index (χ4v) is 2.93. The van der Waals surface area contributed by atoms with Crippen LogP contribution in [0.1, 0.15) is 11.1 Å². The van der Waals surface area contributed by atoms with Gasteiger partial charge in [0, 0.05) is 5.69 Å². The SMILES string of the molecule is Cc1ccc(NS(=O)(=O)c2cc(C)c(F)c(N)c2)cc1. The van der Waals surface area contributed by atoms with Crippen LogP contribution < -0.4 is 10.5 Å². The third kappa shape index (κ3) is 2.91. The van der Waals surface area contributed by atoms with Crippen LogP contribution in [0.5, 0.6) is 0 Å². The normalized spacial score (nSPS) is 11.3. The molecule has 0 aliphatic heterocycles. The Hall–Kier alpha value is -2.08. The molecule has 0 spiro atoms. The second kappa shape index (κ2) is 5.13. The highest BCUT2D eigenvalue weighted by Gasteiger charge is 2.17. The average molecular weight is 294 g/mol. The topological polar surface area (TPSA) is 72.2 Å². The number of rotatable bonds is 3. The lowest BCUT2D eigenvalue weighted by molar-refractivity contribution is 0.599. The van der Waals surface area contributed by atoms with Gasteiger partial charge < -0.3 is 5.73 Å². The molecule has 2 aromatic rings. The van der Waals surface area contributed by atoms with E-state index < -0.39 is 15.8 Å². The van der Waals surface area contributed by atoms with Crippen LogP contribution in [0.2, 0.25) is 0 Å². The smallest absolute Gasteiger partial charge is 0.261 e. The Morgan fingerprint density at radius 3 is 2.25 bits per heavy atom. The summed E-state index contributed by atoms with van der Waals surface area (Å²) in [6.45, 7) is 3.37. The lowest BCUT2D eigenvalue weighted by Gasteiger charge is -2.10. The summed E-state index contributed by atoms with van der Waals surface area (Å²) >= 11 is 0. The lowest BCUT2D eigenvalue weighted by atomic mass is 10.2. The highest BCUT2D eigenvalue weighted by atomic mass is 32.2. The number of benzene rings is 2. The van der Waals surface area contributed by atoms with E-state index >= 15 is 0 Å². The van der Waals surface area contributed by atoms with Crippen molar-refractivity contribution in [1.82, 2.24) is 0 Å². The number of hydrogen-bond acceptors (Lipinski definition) is 3. The molecule has 106 valence electrons. The van der Waals surface area contributed by atoms with E-state index in [0.717, 1.165) is 11.6 Å². The van der Waals surface area contributed by atoms with Crippen LogP contribution in [0, 0.1) is 19.7 Å². The predicted octanol–water partition coefficient (Wildman–Crippen LogP) is 2.83. The first-order valence-electron chi connectivity index (χ1n) is 5.95. The van der Waals surface area contributed by atoms with Gasteiger partial charge in [-0.1, -0.05) is 17.7 Å². The molecule has 0 heterocycles. The van der Waals surface area contributed by atoms with Crippen molar-refractivity contribution in [2.75, 3.05) is 10.5 Å². The van der Waals surface area contributed by atoms with Crippen molar-refractivity contribution in [3.8, 4) is 0 Å². The summed E-state index contributed by atoms with van der Waals surface area (Å²) in [5, 5.41) is 0. The summed E-state index contributed by atoms with van der Waals surface area (Å²) < 4.78 is 40.3. The highest BCUT2D eigenvalue weighted by Crippen LogP contribution is 2.23. The molecule has 0 saturated carbocycles. The van der Waals surface area contributed by atoms with Gasteiger partial charge in [0.25, 0.3) is 10.0 Å². The van der Waals surface area contributed by atoms with E-state index in [1.807, 2.05) is 6.92 Å². The molecule has 0 amide bonds. The molecule has 0 bridgehead atoms. The summed E-state index contributed by atoms with van der Waals surface area (Å²) in [4.78, 5) is -0.0607. The van der Waals surface area contributed by atoms with Crippen LogP contribution in [-0.4, -0.2) is 8.42 Å². The Bertz CT molecular complexity index is 717. The molecule has 0 saturated heterocycles. The highest BCUT2D eigenvalue weighted by molar-refractivity contribution is 7.92. The molecule has 0 aromatic heterocycles. The van der Waals surface area contributed by atoms with Crippen molar-refractivity contribution in [3.05, 3.63) is 53.3 Å². The maximum Gasteiger partial charge on any atom is 0.261 e. The zero-order valence-corrected chi connectivity index (χ0v) is 12.0. The van der Waals surface area contributed by atoms with Gasteiger partial charge in [-0.25, -0.2) is 12.8 Å². The number of nitrogens with two attached hydrogens (primary N) is 1. The average Bonchev–Trinajstić information content (AvgIpc) is 2.38. The maximum atomic E-state index is 13.4. The Balaban J connectivity index is 2.38. The molecular weight excluding hydrogens is 279 g/mol. The fraction of sp³-hybridized carbons (Fsp3) is 0.143. The first-order valence-corrected chi connectivity index (χ1v) is 7.43. The van der Waals surface area contributed by atoms with Gasteiger partial charge in [-0.2, -0.15) is 0 Å². The molecule has 0 atom stereocenters. The molecule has 0 aliphatic carbocycles. The predicted molar refractivity (Wildman–Crippen MR) is 77.5 cm³/mol. The molecule has 6 heteroatoms. The van der Waals surface area contributed by atoms with Gasteiger partial charge in [0.15, 0.2) is 0 Å². The number of anilines is 2. The van der Waals surface area contributed by atoms with Crippen molar-refractivity contribution in [3.63, 3.8) is 0 Å². The van der Waals surface area contributed by atoms with Crippen molar-refractivity contribution in [2.24, 2.45) is 0 Å². The summed E-state index contributed by atoms with van der Waals surface area (Å²) in [5.74, 6) is -0.598. The van der Waals surface area contributed by atoms with Gasteiger partial charge in [-0.3, -0.25) is 4.72 Å². The Morgan fingerprint density at radius 2 is 1.70 bits per heavy atom. The number of nitrogen functional groups attached to an aromatic ring is 1. The first kappa shape index (κ1) is 14.3. The van der Waals surface area contributed by atoms with Gasteiger partial charge >= 0.3 is 0 Å². The second-order valence-electron chi connectivity index (χ2n) is 4.61. The van der Waals surface area contributed by atoms with E-state index in [9.17, 15) is 12.8 Å². The van der Waals surface area contributed by atoms with E-state index in [2.05, 4.69) is 4.72 Å². The molecule has 3 N–H and O–H groups in total.